The number of imidazole rings is 1. The fourth-order valence-electron chi connectivity index (χ4n) is 1.85. The van der Waals surface area contributed by atoms with Crippen molar-refractivity contribution in [2.75, 3.05) is 7.05 Å². The monoisotopic (exact) mass is 274 g/mol. The van der Waals surface area contributed by atoms with Gasteiger partial charge < -0.3 is 9.88 Å². The predicted molar refractivity (Wildman–Crippen MR) is 72.2 cm³/mol. The first kappa shape index (κ1) is 13.7. The molecular weight excluding hydrogens is 260 g/mol. The van der Waals surface area contributed by atoms with Crippen LogP contribution in [0, 0.1) is 10.1 Å². The highest BCUT2D eigenvalue weighted by Crippen LogP contribution is 2.15. The van der Waals surface area contributed by atoms with Crippen LogP contribution in [0.4, 0.5) is 5.69 Å². The lowest BCUT2D eigenvalue weighted by atomic mass is 10.1. The van der Waals surface area contributed by atoms with Crippen molar-refractivity contribution in [3.63, 3.8) is 0 Å². The van der Waals surface area contributed by atoms with Crippen LogP contribution >= 0.6 is 0 Å². The zero-order chi connectivity index (χ0) is 14.5. The Morgan fingerprint density at radius 1 is 1.50 bits per heavy atom. The molecular formula is C13H14N4O3. The number of amides is 1. The van der Waals surface area contributed by atoms with Crippen molar-refractivity contribution < 1.29 is 9.72 Å². The van der Waals surface area contributed by atoms with Crippen LogP contribution in [0.25, 0.3) is 0 Å². The first-order valence-corrected chi connectivity index (χ1v) is 6.04. The van der Waals surface area contributed by atoms with E-state index in [9.17, 15) is 14.9 Å². The van der Waals surface area contributed by atoms with E-state index in [-0.39, 0.29) is 18.1 Å². The van der Waals surface area contributed by atoms with Crippen LogP contribution in [0.15, 0.2) is 36.7 Å². The Bertz CT molecular complexity index is 636. The summed E-state index contributed by atoms with van der Waals surface area (Å²) in [5.41, 5.74) is 0.829. The van der Waals surface area contributed by atoms with Gasteiger partial charge in [-0.1, -0.05) is 12.1 Å². The van der Waals surface area contributed by atoms with Crippen LogP contribution in [0.5, 0.6) is 0 Å². The van der Waals surface area contributed by atoms with Crippen molar-refractivity contribution in [1.82, 2.24) is 14.9 Å². The SMILES string of the molecule is CNC(=O)Cn1ccnc1Cc1cccc([N+](=O)[O-])c1. The second-order valence-electron chi connectivity index (χ2n) is 4.25. The van der Waals surface area contributed by atoms with E-state index in [2.05, 4.69) is 10.3 Å². The average molecular weight is 274 g/mol. The standard InChI is InChI=1S/C13H14N4O3/c1-14-13(18)9-16-6-5-15-12(16)8-10-3-2-4-11(7-10)17(19)20/h2-7H,8-9H2,1H3,(H,14,18). The van der Waals surface area contributed by atoms with Gasteiger partial charge in [0, 0.05) is 38.0 Å². The zero-order valence-corrected chi connectivity index (χ0v) is 10.9. The molecule has 1 amide bonds. The van der Waals surface area contributed by atoms with E-state index in [1.807, 2.05) is 0 Å². The summed E-state index contributed by atoms with van der Waals surface area (Å²) in [6.07, 6.45) is 3.75. The molecule has 0 aliphatic carbocycles. The lowest BCUT2D eigenvalue weighted by Crippen LogP contribution is -2.24. The molecule has 7 heteroatoms. The minimum atomic E-state index is -0.430. The topological polar surface area (TPSA) is 90.1 Å². The summed E-state index contributed by atoms with van der Waals surface area (Å²) in [5.74, 6) is 0.567. The first-order chi connectivity index (χ1) is 9.60. The molecule has 1 aromatic heterocycles. The molecule has 0 fully saturated rings. The normalized spacial score (nSPS) is 10.2. The second kappa shape index (κ2) is 5.96. The molecule has 0 saturated heterocycles. The first-order valence-electron chi connectivity index (χ1n) is 6.04. The number of nitrogens with one attached hydrogen (secondary N) is 1. The third-order valence-electron chi connectivity index (χ3n) is 2.88. The maximum absolute atomic E-state index is 11.4. The molecule has 1 aromatic carbocycles. The van der Waals surface area contributed by atoms with Gasteiger partial charge in [-0.3, -0.25) is 14.9 Å². The van der Waals surface area contributed by atoms with Crippen LogP contribution in [0.1, 0.15) is 11.4 Å². The van der Waals surface area contributed by atoms with Gasteiger partial charge in [0.05, 0.1) is 4.92 Å². The molecule has 0 aliphatic rings. The summed E-state index contributed by atoms with van der Waals surface area (Å²) in [6, 6.07) is 6.39. The number of nitro groups is 1. The molecule has 0 radical (unpaired) electrons. The number of non-ortho nitro benzene ring substituents is 1. The summed E-state index contributed by atoms with van der Waals surface area (Å²) in [5, 5.41) is 13.3. The Kier molecular flexibility index (Phi) is 4.09. The second-order valence-corrected chi connectivity index (χ2v) is 4.25. The molecule has 7 nitrogen and oxygen atoms in total. The molecule has 0 bridgehead atoms. The van der Waals surface area contributed by atoms with E-state index in [4.69, 9.17) is 0 Å². The highest BCUT2D eigenvalue weighted by molar-refractivity contribution is 5.75. The Hall–Kier alpha value is -2.70. The third-order valence-corrected chi connectivity index (χ3v) is 2.88. The Morgan fingerprint density at radius 3 is 3.00 bits per heavy atom. The van der Waals surface area contributed by atoms with Crippen LogP contribution in [0.2, 0.25) is 0 Å². The van der Waals surface area contributed by atoms with Gasteiger partial charge in [-0.25, -0.2) is 4.98 Å². The van der Waals surface area contributed by atoms with Crippen LogP contribution in [0.3, 0.4) is 0 Å². The van der Waals surface area contributed by atoms with Crippen molar-refractivity contribution in [2.45, 2.75) is 13.0 Å². The number of hydrogen-bond acceptors (Lipinski definition) is 4. The van der Waals surface area contributed by atoms with E-state index in [1.165, 1.54) is 12.1 Å². The number of carbonyl (C=O) groups is 1. The Balaban J connectivity index is 2.18. The Morgan fingerprint density at radius 2 is 2.30 bits per heavy atom. The van der Waals surface area contributed by atoms with Gasteiger partial charge in [-0.05, 0) is 5.56 Å². The highest BCUT2D eigenvalue weighted by Gasteiger charge is 2.10. The molecule has 0 saturated carbocycles. The van der Waals surface area contributed by atoms with Gasteiger partial charge >= 0.3 is 0 Å². The molecule has 0 atom stereocenters. The van der Waals surface area contributed by atoms with E-state index < -0.39 is 4.92 Å². The van der Waals surface area contributed by atoms with Crippen molar-refractivity contribution in [1.29, 1.82) is 0 Å². The minimum absolute atomic E-state index is 0.0481. The smallest absolute Gasteiger partial charge is 0.269 e. The molecule has 104 valence electrons. The predicted octanol–water partition coefficient (Wildman–Crippen LogP) is 1.13. The van der Waals surface area contributed by atoms with E-state index in [0.29, 0.717) is 12.2 Å². The van der Waals surface area contributed by atoms with Gasteiger partial charge in [-0.15, -0.1) is 0 Å². The van der Waals surface area contributed by atoms with E-state index >= 15 is 0 Å². The van der Waals surface area contributed by atoms with Gasteiger partial charge in [-0.2, -0.15) is 0 Å². The van der Waals surface area contributed by atoms with Crippen molar-refractivity contribution in [3.8, 4) is 0 Å². The largest absolute Gasteiger partial charge is 0.358 e. The molecule has 0 spiro atoms. The third kappa shape index (κ3) is 3.19. The fraction of sp³-hybridized carbons (Fsp3) is 0.231. The molecule has 2 rings (SSSR count). The van der Waals surface area contributed by atoms with Gasteiger partial charge in [0.25, 0.3) is 5.69 Å². The number of aromatic nitrogens is 2. The lowest BCUT2D eigenvalue weighted by Gasteiger charge is -2.07. The van der Waals surface area contributed by atoms with Gasteiger partial charge in [0.2, 0.25) is 5.91 Å². The van der Waals surface area contributed by atoms with Crippen molar-refractivity contribution in [3.05, 3.63) is 58.2 Å². The molecule has 1 heterocycles. The van der Waals surface area contributed by atoms with Crippen molar-refractivity contribution in [2.24, 2.45) is 0 Å². The van der Waals surface area contributed by atoms with Gasteiger partial charge in [0.15, 0.2) is 0 Å². The number of rotatable bonds is 5. The van der Waals surface area contributed by atoms with Crippen molar-refractivity contribution >= 4 is 11.6 Å². The minimum Gasteiger partial charge on any atom is -0.358 e. The molecule has 1 N–H and O–H groups in total. The molecule has 20 heavy (non-hydrogen) atoms. The highest BCUT2D eigenvalue weighted by atomic mass is 16.6. The molecule has 0 aliphatic heterocycles. The number of carbonyl (C=O) groups excluding carboxylic acids is 1. The summed E-state index contributed by atoms with van der Waals surface area (Å²) in [6.45, 7) is 0.181. The molecule has 2 aromatic rings. The van der Waals surface area contributed by atoms with E-state index in [1.54, 1.807) is 36.1 Å². The van der Waals surface area contributed by atoms with Crippen LogP contribution in [-0.2, 0) is 17.8 Å². The molecule has 0 unspecified atom stereocenters. The summed E-state index contributed by atoms with van der Waals surface area (Å²) >= 11 is 0. The van der Waals surface area contributed by atoms with Gasteiger partial charge in [0.1, 0.15) is 12.4 Å². The van der Waals surface area contributed by atoms with E-state index in [0.717, 1.165) is 5.56 Å². The summed E-state index contributed by atoms with van der Waals surface area (Å²) < 4.78 is 1.72. The number of hydrogen-bond donors (Lipinski definition) is 1. The number of benzene rings is 1. The number of likely N-dealkylation sites (N-methyl/N-ethyl adjacent to an activating group) is 1. The quantitative estimate of drug-likeness (QED) is 0.653. The number of nitrogens with zero attached hydrogens (tertiary/aromatic N) is 3. The summed E-state index contributed by atoms with van der Waals surface area (Å²) in [7, 11) is 1.57. The average Bonchev–Trinajstić information content (AvgIpc) is 2.86. The zero-order valence-electron chi connectivity index (χ0n) is 10.9. The number of nitro benzene ring substituents is 1. The van der Waals surface area contributed by atoms with Crippen LogP contribution in [-0.4, -0.2) is 27.4 Å². The maximum Gasteiger partial charge on any atom is 0.269 e. The Labute approximate surface area is 115 Å². The summed E-state index contributed by atoms with van der Waals surface area (Å²) in [4.78, 5) is 25.9. The van der Waals surface area contributed by atoms with Crippen LogP contribution < -0.4 is 5.32 Å². The lowest BCUT2D eigenvalue weighted by molar-refractivity contribution is -0.384. The maximum atomic E-state index is 11.4. The fourth-order valence-corrected chi connectivity index (χ4v) is 1.85.